The van der Waals surface area contributed by atoms with Gasteiger partial charge in [0.05, 0.1) is 16.5 Å². The molecule has 11 nitrogen and oxygen atoms in total. The van der Waals surface area contributed by atoms with Gasteiger partial charge in [-0.3, -0.25) is 19.1 Å². The number of allylic oxidation sites excluding steroid dienone is 2. The van der Waals surface area contributed by atoms with Gasteiger partial charge in [-0.2, -0.15) is 0 Å². The number of carbonyl (C=O) groups excluding carboxylic acids is 3. The van der Waals surface area contributed by atoms with E-state index in [1.165, 1.54) is 16.2 Å². The molecule has 2 saturated carbocycles. The maximum absolute atomic E-state index is 13.6. The van der Waals surface area contributed by atoms with E-state index in [0.29, 0.717) is 30.8 Å². The third-order valence-corrected chi connectivity index (χ3v) is 11.8. The molecule has 5 rings (SSSR count). The molecule has 0 unspecified atom stereocenters. The third-order valence-electron chi connectivity index (χ3n) is 8.82. The van der Waals surface area contributed by atoms with Crippen LogP contribution in [0.2, 0.25) is 0 Å². The van der Waals surface area contributed by atoms with Gasteiger partial charge in [-0.25, -0.2) is 13.4 Å². The van der Waals surface area contributed by atoms with Crippen LogP contribution in [0.5, 0.6) is 0 Å². The molecule has 1 aromatic heterocycles. The van der Waals surface area contributed by atoms with Gasteiger partial charge in [0.2, 0.25) is 27.7 Å². The van der Waals surface area contributed by atoms with Crippen molar-refractivity contribution in [1.82, 2.24) is 14.6 Å². The van der Waals surface area contributed by atoms with Crippen LogP contribution in [0.25, 0.3) is 11.3 Å². The third kappa shape index (κ3) is 7.67. The molecule has 0 spiro atoms. The van der Waals surface area contributed by atoms with E-state index in [1.54, 1.807) is 6.92 Å². The summed E-state index contributed by atoms with van der Waals surface area (Å²) in [4.78, 5) is 44.0. The van der Waals surface area contributed by atoms with Crippen LogP contribution in [0.1, 0.15) is 64.7 Å². The molecule has 1 saturated heterocycles. The number of thiazole rings is 1. The Hall–Kier alpha value is -3.29. The standard InChI is InChI=1S/C31H41N5O6S2/c1-31(14-15-31)44(41,42)35-28(39)23-16-21(23)12-6-3-2-4-9-13-24(29(40)36-18-22(37)17-26(36)27(32)38)33-30-34-25(19-43-30)20-10-7-5-8-11-20/h5-8,10-12,19,21-24,26,37H,2-4,9,13-18H2,1H3,(H2,32,38)(H,33,34)(H,35,39)/b12-6-/t21-,22-,23+,24+,26+/m1/s1. The fourth-order valence-corrected chi connectivity index (χ4v) is 7.65. The number of carbonyl (C=O) groups is 3. The molecule has 3 amide bonds. The smallest absolute Gasteiger partial charge is 0.245 e. The highest BCUT2D eigenvalue weighted by Crippen LogP contribution is 2.44. The molecule has 2 heterocycles. The number of hydrogen-bond donors (Lipinski definition) is 4. The number of likely N-dealkylation sites (tertiary alicyclic amines) is 1. The van der Waals surface area contributed by atoms with Gasteiger partial charge in [0.25, 0.3) is 0 Å². The highest BCUT2D eigenvalue weighted by molar-refractivity contribution is 7.91. The Bertz CT molecular complexity index is 1490. The van der Waals surface area contributed by atoms with Gasteiger partial charge in [-0.05, 0) is 51.4 Å². The number of aliphatic hydroxyl groups is 1. The van der Waals surface area contributed by atoms with Crippen LogP contribution in [0.15, 0.2) is 47.9 Å². The Balaban J connectivity index is 1.11. The second-order valence-electron chi connectivity index (χ2n) is 12.4. The summed E-state index contributed by atoms with van der Waals surface area (Å²) >= 11 is 1.40. The summed E-state index contributed by atoms with van der Waals surface area (Å²) in [7, 11) is -3.60. The van der Waals surface area contributed by atoms with Gasteiger partial charge in [0, 0.05) is 29.8 Å². The molecule has 2 aliphatic carbocycles. The topological polar surface area (TPSA) is 172 Å². The Labute approximate surface area is 262 Å². The predicted octanol–water partition coefficient (Wildman–Crippen LogP) is 3.18. The van der Waals surface area contributed by atoms with Gasteiger partial charge >= 0.3 is 0 Å². The number of hydrogen-bond acceptors (Lipinski definition) is 9. The molecule has 1 aromatic carbocycles. The fourth-order valence-electron chi connectivity index (χ4n) is 5.58. The fraction of sp³-hybridized carbons (Fsp3) is 0.548. The van der Waals surface area contributed by atoms with E-state index in [1.807, 2.05) is 47.9 Å². The monoisotopic (exact) mass is 643 g/mol. The Morgan fingerprint density at radius 2 is 1.93 bits per heavy atom. The van der Waals surface area contributed by atoms with Gasteiger partial charge in [-0.1, -0.05) is 55.3 Å². The lowest BCUT2D eigenvalue weighted by Gasteiger charge is -2.27. The summed E-state index contributed by atoms with van der Waals surface area (Å²) in [5.74, 6) is -1.54. The molecule has 5 atom stereocenters. The van der Waals surface area contributed by atoms with E-state index in [2.05, 4.69) is 15.0 Å². The number of amides is 3. The number of benzene rings is 1. The van der Waals surface area contributed by atoms with E-state index in [9.17, 15) is 27.9 Å². The van der Waals surface area contributed by atoms with Crippen molar-refractivity contribution in [1.29, 1.82) is 0 Å². The molecule has 13 heteroatoms. The van der Waals surface area contributed by atoms with Crippen molar-refractivity contribution in [3.63, 3.8) is 0 Å². The number of aromatic nitrogens is 1. The molecule has 1 aliphatic heterocycles. The summed E-state index contributed by atoms with van der Waals surface area (Å²) in [6.07, 6.45) is 9.02. The van der Waals surface area contributed by atoms with Crippen molar-refractivity contribution in [2.45, 2.75) is 87.6 Å². The number of nitrogens with two attached hydrogens (primary N) is 1. The van der Waals surface area contributed by atoms with Crippen LogP contribution >= 0.6 is 11.3 Å². The summed E-state index contributed by atoms with van der Waals surface area (Å²) in [6.45, 7) is 1.73. The molecule has 0 radical (unpaired) electrons. The van der Waals surface area contributed by atoms with E-state index in [4.69, 9.17) is 5.73 Å². The number of rotatable bonds is 15. The van der Waals surface area contributed by atoms with Gasteiger partial charge in [0.1, 0.15) is 12.1 Å². The number of anilines is 1. The number of β-amino-alcohol motifs (C(OH)–C–C–N with tert-alkyl or cyclic N) is 1. The van der Waals surface area contributed by atoms with E-state index >= 15 is 0 Å². The number of nitrogens with one attached hydrogen (secondary N) is 2. The predicted molar refractivity (Wildman–Crippen MR) is 169 cm³/mol. The van der Waals surface area contributed by atoms with Gasteiger partial charge in [0.15, 0.2) is 5.13 Å². The van der Waals surface area contributed by atoms with Crippen molar-refractivity contribution in [3.05, 3.63) is 47.9 Å². The highest BCUT2D eigenvalue weighted by Gasteiger charge is 2.52. The maximum Gasteiger partial charge on any atom is 0.245 e. The van der Waals surface area contributed by atoms with E-state index in [0.717, 1.165) is 36.9 Å². The lowest BCUT2D eigenvalue weighted by molar-refractivity contribution is -0.138. The normalized spacial score (nSPS) is 24.6. The highest BCUT2D eigenvalue weighted by atomic mass is 32.2. The molecule has 238 valence electrons. The van der Waals surface area contributed by atoms with Gasteiger partial charge in [-0.15, -0.1) is 11.3 Å². The molecule has 3 aliphatic rings. The maximum atomic E-state index is 13.6. The summed E-state index contributed by atoms with van der Waals surface area (Å²) in [6, 6.07) is 8.28. The lowest BCUT2D eigenvalue weighted by atomic mass is 10.0. The molecule has 5 N–H and O–H groups in total. The molecular formula is C31H41N5O6S2. The second kappa shape index (κ2) is 13.4. The van der Waals surface area contributed by atoms with Crippen LogP contribution in [0.4, 0.5) is 5.13 Å². The summed E-state index contributed by atoms with van der Waals surface area (Å²) < 4.78 is 26.1. The van der Waals surface area contributed by atoms with Crippen molar-refractivity contribution in [2.24, 2.45) is 17.6 Å². The minimum atomic E-state index is -3.60. The number of primary amides is 1. The van der Waals surface area contributed by atoms with Crippen molar-refractivity contribution >= 4 is 44.2 Å². The minimum absolute atomic E-state index is 0.0635. The number of sulfonamides is 1. The first-order chi connectivity index (χ1) is 21.0. The quantitative estimate of drug-likeness (QED) is 0.169. The van der Waals surface area contributed by atoms with Crippen molar-refractivity contribution in [3.8, 4) is 11.3 Å². The SMILES string of the molecule is CC1(S(=O)(=O)NC(=O)[C@H]2C[C@H]2/C=C\CCCCC[C@H](Nc2nc(-c3ccccc3)cs2)C(=O)N2C[C@H](O)C[C@H]2C(N)=O)CC1. The largest absolute Gasteiger partial charge is 0.391 e. The van der Waals surface area contributed by atoms with Crippen LogP contribution in [-0.2, 0) is 24.4 Å². The van der Waals surface area contributed by atoms with Gasteiger partial charge < -0.3 is 21.1 Å². The Morgan fingerprint density at radius 1 is 1.18 bits per heavy atom. The Morgan fingerprint density at radius 3 is 2.64 bits per heavy atom. The Kier molecular flexibility index (Phi) is 9.76. The first kappa shape index (κ1) is 32.1. The molecule has 0 bridgehead atoms. The first-order valence-electron chi connectivity index (χ1n) is 15.3. The zero-order chi connectivity index (χ0) is 31.5. The van der Waals surface area contributed by atoms with E-state index in [-0.39, 0.29) is 30.7 Å². The number of aliphatic hydroxyl groups excluding tert-OH is 1. The van der Waals surface area contributed by atoms with Crippen LogP contribution in [0, 0.1) is 11.8 Å². The second-order valence-corrected chi connectivity index (χ2v) is 15.4. The number of unbranched alkanes of at least 4 members (excludes halogenated alkanes) is 3. The zero-order valence-electron chi connectivity index (χ0n) is 24.9. The van der Waals surface area contributed by atoms with E-state index < -0.39 is 44.8 Å². The van der Waals surface area contributed by atoms with Crippen LogP contribution in [0.3, 0.4) is 0 Å². The molecule has 44 heavy (non-hydrogen) atoms. The summed E-state index contributed by atoms with van der Waals surface area (Å²) in [5.41, 5.74) is 7.32. The average Bonchev–Trinajstić information content (AvgIpc) is 3.85. The zero-order valence-corrected chi connectivity index (χ0v) is 26.5. The van der Waals surface area contributed by atoms with Crippen molar-refractivity contribution < 1.29 is 27.9 Å². The molecule has 2 aromatic rings. The summed E-state index contributed by atoms with van der Waals surface area (Å²) in [5, 5.41) is 16.0. The molecular weight excluding hydrogens is 603 g/mol. The first-order valence-corrected chi connectivity index (χ1v) is 17.6. The average molecular weight is 644 g/mol. The molecule has 3 fully saturated rings. The number of nitrogens with zero attached hydrogens (tertiary/aromatic N) is 2. The van der Waals surface area contributed by atoms with Crippen LogP contribution < -0.4 is 15.8 Å². The van der Waals surface area contributed by atoms with Crippen LogP contribution in [-0.4, -0.2) is 70.6 Å². The van der Waals surface area contributed by atoms with Crippen molar-refractivity contribution in [2.75, 3.05) is 11.9 Å². The minimum Gasteiger partial charge on any atom is -0.391 e. The lowest BCUT2D eigenvalue weighted by Crippen LogP contribution is -2.49.